The van der Waals surface area contributed by atoms with Gasteiger partial charge in [-0.25, -0.2) is 0 Å². The maximum absolute atomic E-state index is 11.8. The summed E-state index contributed by atoms with van der Waals surface area (Å²) in [7, 11) is 0. The van der Waals surface area contributed by atoms with Gasteiger partial charge >= 0.3 is 11.8 Å². The van der Waals surface area contributed by atoms with Gasteiger partial charge in [-0.2, -0.15) is 0 Å². The van der Waals surface area contributed by atoms with Gasteiger partial charge in [0.25, 0.3) is 0 Å². The molecule has 1 rings (SSSR count). The summed E-state index contributed by atoms with van der Waals surface area (Å²) in [6.07, 6.45) is 3.06. The first-order valence-corrected chi connectivity index (χ1v) is 6.29. The molecule has 98 valence electrons. The molecule has 0 aromatic rings. The van der Waals surface area contributed by atoms with E-state index in [1.54, 1.807) is 4.90 Å². The lowest BCUT2D eigenvalue weighted by Crippen LogP contribution is -2.48. The zero-order chi connectivity index (χ0) is 12.9. The number of piperidine rings is 1. The molecule has 0 bridgehead atoms. The SMILES string of the molecule is CCC1(C)CCN(C(=O)C(=O)NCCN)CC1. The minimum atomic E-state index is -0.532. The van der Waals surface area contributed by atoms with Crippen molar-refractivity contribution in [1.82, 2.24) is 10.2 Å². The molecule has 1 aliphatic heterocycles. The molecule has 0 aliphatic carbocycles. The number of nitrogens with two attached hydrogens (primary N) is 1. The van der Waals surface area contributed by atoms with E-state index in [2.05, 4.69) is 19.2 Å². The summed E-state index contributed by atoms with van der Waals surface area (Å²) < 4.78 is 0. The quantitative estimate of drug-likeness (QED) is 0.688. The summed E-state index contributed by atoms with van der Waals surface area (Å²) in [6, 6.07) is 0. The van der Waals surface area contributed by atoms with Crippen molar-refractivity contribution in [3.63, 3.8) is 0 Å². The van der Waals surface area contributed by atoms with Crippen LogP contribution in [-0.4, -0.2) is 42.9 Å². The number of hydrogen-bond acceptors (Lipinski definition) is 3. The molecule has 1 heterocycles. The van der Waals surface area contributed by atoms with Crippen LogP contribution in [0.2, 0.25) is 0 Å². The largest absolute Gasteiger partial charge is 0.347 e. The average Bonchev–Trinajstić information content (AvgIpc) is 2.36. The number of carbonyl (C=O) groups excluding carboxylic acids is 2. The van der Waals surface area contributed by atoms with Crippen LogP contribution in [0.25, 0.3) is 0 Å². The molecular weight excluding hydrogens is 218 g/mol. The lowest BCUT2D eigenvalue weighted by molar-refractivity contribution is -0.147. The Morgan fingerprint density at radius 3 is 2.41 bits per heavy atom. The highest BCUT2D eigenvalue weighted by Gasteiger charge is 2.32. The van der Waals surface area contributed by atoms with Crippen molar-refractivity contribution in [2.45, 2.75) is 33.1 Å². The third-order valence-corrected chi connectivity index (χ3v) is 3.74. The molecule has 3 N–H and O–H groups in total. The molecule has 17 heavy (non-hydrogen) atoms. The normalized spacial score (nSPS) is 18.9. The van der Waals surface area contributed by atoms with Crippen LogP contribution in [0.1, 0.15) is 33.1 Å². The third-order valence-electron chi connectivity index (χ3n) is 3.74. The maximum Gasteiger partial charge on any atom is 0.311 e. The molecule has 1 aliphatic rings. The molecule has 1 saturated heterocycles. The van der Waals surface area contributed by atoms with Gasteiger partial charge in [0.15, 0.2) is 0 Å². The molecule has 0 saturated carbocycles. The topological polar surface area (TPSA) is 75.4 Å². The first kappa shape index (κ1) is 14.0. The maximum atomic E-state index is 11.8. The molecule has 0 atom stereocenters. The lowest BCUT2D eigenvalue weighted by atomic mass is 9.78. The number of nitrogens with zero attached hydrogens (tertiary/aromatic N) is 1. The predicted octanol–water partition coefficient (Wildman–Crippen LogP) is 0.100. The van der Waals surface area contributed by atoms with Gasteiger partial charge in [-0.15, -0.1) is 0 Å². The minimum Gasteiger partial charge on any atom is -0.347 e. The molecule has 0 aromatic heterocycles. The van der Waals surface area contributed by atoms with Crippen molar-refractivity contribution in [1.29, 1.82) is 0 Å². The summed E-state index contributed by atoms with van der Waals surface area (Å²) >= 11 is 0. The zero-order valence-electron chi connectivity index (χ0n) is 10.8. The van der Waals surface area contributed by atoms with Gasteiger partial charge in [0.1, 0.15) is 0 Å². The average molecular weight is 241 g/mol. The van der Waals surface area contributed by atoms with Crippen molar-refractivity contribution >= 4 is 11.8 Å². The smallest absolute Gasteiger partial charge is 0.311 e. The Morgan fingerprint density at radius 2 is 1.94 bits per heavy atom. The van der Waals surface area contributed by atoms with Gasteiger partial charge in [0, 0.05) is 26.2 Å². The summed E-state index contributed by atoms with van der Waals surface area (Å²) in [4.78, 5) is 24.9. The summed E-state index contributed by atoms with van der Waals surface area (Å²) in [5.41, 5.74) is 5.59. The second-order valence-electron chi connectivity index (χ2n) is 5.00. The number of carbonyl (C=O) groups is 2. The highest BCUT2D eigenvalue weighted by atomic mass is 16.2. The number of rotatable bonds is 3. The molecule has 0 radical (unpaired) electrons. The van der Waals surface area contributed by atoms with Crippen LogP contribution in [0.15, 0.2) is 0 Å². The Morgan fingerprint density at radius 1 is 1.35 bits per heavy atom. The van der Waals surface area contributed by atoms with E-state index in [-0.39, 0.29) is 0 Å². The third kappa shape index (κ3) is 3.70. The number of amides is 2. The minimum absolute atomic E-state index is 0.324. The van der Waals surface area contributed by atoms with Crippen LogP contribution in [-0.2, 0) is 9.59 Å². The Balaban J connectivity index is 2.43. The Hall–Kier alpha value is -1.10. The van der Waals surface area contributed by atoms with Crippen molar-refractivity contribution < 1.29 is 9.59 Å². The van der Waals surface area contributed by atoms with E-state index >= 15 is 0 Å². The van der Waals surface area contributed by atoms with Crippen LogP contribution in [0.3, 0.4) is 0 Å². The van der Waals surface area contributed by atoms with Crippen LogP contribution < -0.4 is 11.1 Å². The molecule has 2 amide bonds. The van der Waals surface area contributed by atoms with Crippen molar-refractivity contribution in [2.75, 3.05) is 26.2 Å². The van der Waals surface area contributed by atoms with Gasteiger partial charge in [-0.3, -0.25) is 9.59 Å². The molecular formula is C12H23N3O2. The van der Waals surface area contributed by atoms with Crippen LogP contribution >= 0.6 is 0 Å². The summed E-state index contributed by atoms with van der Waals surface area (Å²) in [6.45, 7) is 6.48. The first-order chi connectivity index (χ1) is 8.02. The van der Waals surface area contributed by atoms with E-state index in [9.17, 15) is 9.59 Å². The highest BCUT2D eigenvalue weighted by Crippen LogP contribution is 2.33. The van der Waals surface area contributed by atoms with Gasteiger partial charge in [0.2, 0.25) is 0 Å². The van der Waals surface area contributed by atoms with E-state index in [0.717, 1.165) is 19.3 Å². The lowest BCUT2D eigenvalue weighted by Gasteiger charge is -2.38. The Kier molecular flexibility index (Phi) is 4.93. The first-order valence-electron chi connectivity index (χ1n) is 6.29. The van der Waals surface area contributed by atoms with Crippen LogP contribution in [0.5, 0.6) is 0 Å². The molecule has 1 fully saturated rings. The summed E-state index contributed by atoms with van der Waals surface area (Å²) in [5.74, 6) is -0.952. The van der Waals surface area contributed by atoms with Crippen molar-refractivity contribution in [3.05, 3.63) is 0 Å². The fourth-order valence-electron chi connectivity index (χ4n) is 2.01. The highest BCUT2D eigenvalue weighted by molar-refractivity contribution is 6.35. The molecule has 5 nitrogen and oxygen atoms in total. The van der Waals surface area contributed by atoms with E-state index in [4.69, 9.17) is 5.73 Å². The van der Waals surface area contributed by atoms with E-state index < -0.39 is 11.8 Å². The van der Waals surface area contributed by atoms with Gasteiger partial charge < -0.3 is 16.0 Å². The molecule has 0 spiro atoms. The predicted molar refractivity (Wildman–Crippen MR) is 66.3 cm³/mol. The van der Waals surface area contributed by atoms with Gasteiger partial charge in [0.05, 0.1) is 0 Å². The standard InChI is InChI=1S/C12H23N3O2/c1-3-12(2)4-8-15(9-5-12)11(17)10(16)14-7-6-13/h3-9,13H2,1-2H3,(H,14,16). The van der Waals surface area contributed by atoms with Crippen LogP contribution in [0, 0.1) is 5.41 Å². The number of likely N-dealkylation sites (tertiary alicyclic amines) is 1. The van der Waals surface area contributed by atoms with E-state index in [1.165, 1.54) is 0 Å². The number of hydrogen-bond donors (Lipinski definition) is 2. The Labute approximate surface area is 103 Å². The fraction of sp³-hybridized carbons (Fsp3) is 0.833. The van der Waals surface area contributed by atoms with E-state index in [0.29, 0.717) is 31.6 Å². The molecule has 5 heteroatoms. The van der Waals surface area contributed by atoms with Gasteiger partial charge in [-0.05, 0) is 18.3 Å². The molecule has 0 unspecified atom stereocenters. The van der Waals surface area contributed by atoms with Crippen molar-refractivity contribution in [2.24, 2.45) is 11.1 Å². The number of nitrogens with one attached hydrogen (secondary N) is 1. The summed E-state index contributed by atoms with van der Waals surface area (Å²) in [5, 5.41) is 2.51. The Bertz CT molecular complexity index is 283. The monoisotopic (exact) mass is 241 g/mol. The van der Waals surface area contributed by atoms with E-state index in [1.807, 2.05) is 0 Å². The zero-order valence-corrected chi connectivity index (χ0v) is 10.8. The molecule has 0 aromatic carbocycles. The second-order valence-corrected chi connectivity index (χ2v) is 5.00. The fourth-order valence-corrected chi connectivity index (χ4v) is 2.01. The second kappa shape index (κ2) is 6.00. The van der Waals surface area contributed by atoms with Crippen LogP contribution in [0.4, 0.5) is 0 Å². The van der Waals surface area contributed by atoms with Gasteiger partial charge in [-0.1, -0.05) is 20.3 Å². The van der Waals surface area contributed by atoms with Crippen molar-refractivity contribution in [3.8, 4) is 0 Å².